The van der Waals surface area contributed by atoms with Gasteiger partial charge >= 0.3 is 17.9 Å². The van der Waals surface area contributed by atoms with Crippen LogP contribution in [0.25, 0.3) is 0 Å². The first-order valence-electron chi connectivity index (χ1n) is 7.32. The molecule has 0 spiro atoms. The summed E-state index contributed by atoms with van der Waals surface area (Å²) in [7, 11) is 0. The summed E-state index contributed by atoms with van der Waals surface area (Å²) in [5, 5.41) is 0. The van der Waals surface area contributed by atoms with Crippen molar-refractivity contribution < 1.29 is 33.3 Å². The van der Waals surface area contributed by atoms with E-state index in [1.54, 1.807) is 19.1 Å². The second-order valence-electron chi connectivity index (χ2n) is 5.00. The number of ether oxygens (including phenoxy) is 4. The zero-order valence-corrected chi connectivity index (χ0v) is 13.6. The lowest BCUT2D eigenvalue weighted by molar-refractivity contribution is -0.163. The van der Waals surface area contributed by atoms with Gasteiger partial charge in [0.05, 0.1) is 12.7 Å². The molecule has 1 rings (SSSR count). The molecule has 7 heteroatoms. The van der Waals surface area contributed by atoms with Crippen molar-refractivity contribution in [2.45, 2.75) is 45.5 Å². The van der Waals surface area contributed by atoms with Crippen LogP contribution >= 0.6 is 0 Å². The van der Waals surface area contributed by atoms with Crippen LogP contribution in [0.4, 0.5) is 0 Å². The van der Waals surface area contributed by atoms with Crippen molar-refractivity contribution in [3.8, 4) is 0 Å². The van der Waals surface area contributed by atoms with E-state index >= 15 is 0 Å². The van der Waals surface area contributed by atoms with E-state index in [0.717, 1.165) is 0 Å². The van der Waals surface area contributed by atoms with Crippen molar-refractivity contribution in [2.24, 2.45) is 0 Å². The lowest BCUT2D eigenvalue weighted by Crippen LogP contribution is -2.41. The minimum atomic E-state index is -0.654. The molecule has 0 saturated heterocycles. The summed E-state index contributed by atoms with van der Waals surface area (Å²) in [6.07, 6.45) is 1.83. The fourth-order valence-corrected chi connectivity index (χ4v) is 2.02. The van der Waals surface area contributed by atoms with E-state index in [0.29, 0.717) is 0 Å². The highest BCUT2D eigenvalue weighted by atomic mass is 16.6. The molecule has 0 unspecified atom stereocenters. The lowest BCUT2D eigenvalue weighted by Gasteiger charge is -2.31. The standard InChI is InChI=1S/C16H22O7/c1-5-20-16(19)10(2)8-13-6-7-14(22-12(4)18)15(23-13)9-21-11(3)17/h6-7,13-15H,2,5,8-9H2,1,3-4H3/t13-,14+,15-/m1/s1. The Bertz CT molecular complexity index is 495. The van der Waals surface area contributed by atoms with E-state index in [4.69, 9.17) is 18.9 Å². The Morgan fingerprint density at radius 3 is 2.39 bits per heavy atom. The molecule has 1 heterocycles. The van der Waals surface area contributed by atoms with Crippen LogP contribution in [0.5, 0.6) is 0 Å². The molecule has 0 aromatic heterocycles. The molecule has 0 aromatic carbocycles. The second kappa shape index (κ2) is 9.09. The maximum atomic E-state index is 11.6. The zero-order valence-electron chi connectivity index (χ0n) is 13.6. The molecular weight excluding hydrogens is 304 g/mol. The first-order chi connectivity index (χ1) is 10.8. The van der Waals surface area contributed by atoms with Crippen molar-refractivity contribution >= 4 is 17.9 Å². The van der Waals surface area contributed by atoms with Crippen LogP contribution in [0.2, 0.25) is 0 Å². The monoisotopic (exact) mass is 326 g/mol. The van der Waals surface area contributed by atoms with Gasteiger partial charge in [0, 0.05) is 25.8 Å². The average molecular weight is 326 g/mol. The quantitative estimate of drug-likeness (QED) is 0.302. The molecule has 1 aliphatic rings. The molecule has 23 heavy (non-hydrogen) atoms. The molecule has 3 atom stereocenters. The third-order valence-electron chi connectivity index (χ3n) is 3.00. The maximum absolute atomic E-state index is 11.6. The molecular formula is C16H22O7. The summed E-state index contributed by atoms with van der Waals surface area (Å²) in [6.45, 7) is 8.16. The van der Waals surface area contributed by atoms with Gasteiger partial charge in [-0.15, -0.1) is 0 Å². The van der Waals surface area contributed by atoms with Crippen molar-refractivity contribution in [3.63, 3.8) is 0 Å². The highest BCUT2D eigenvalue weighted by Gasteiger charge is 2.31. The molecule has 1 aliphatic heterocycles. The number of hydrogen-bond donors (Lipinski definition) is 0. The summed E-state index contributed by atoms with van der Waals surface area (Å²) in [6, 6.07) is 0. The lowest BCUT2D eigenvalue weighted by atomic mass is 10.0. The van der Waals surface area contributed by atoms with Gasteiger partial charge in [-0.2, -0.15) is 0 Å². The number of esters is 3. The van der Waals surface area contributed by atoms with Gasteiger partial charge in [0.2, 0.25) is 0 Å². The van der Waals surface area contributed by atoms with Crippen molar-refractivity contribution in [2.75, 3.05) is 13.2 Å². The molecule has 0 fully saturated rings. The fraction of sp³-hybridized carbons (Fsp3) is 0.562. The Morgan fingerprint density at radius 2 is 1.83 bits per heavy atom. The van der Waals surface area contributed by atoms with Gasteiger partial charge in [0.1, 0.15) is 18.8 Å². The first-order valence-corrected chi connectivity index (χ1v) is 7.32. The van der Waals surface area contributed by atoms with Crippen LogP contribution in [-0.4, -0.2) is 49.4 Å². The zero-order chi connectivity index (χ0) is 17.4. The Balaban J connectivity index is 2.70. The normalized spacial score (nSPS) is 23.0. The minimum Gasteiger partial charge on any atom is -0.463 e. The molecule has 7 nitrogen and oxygen atoms in total. The highest BCUT2D eigenvalue weighted by Crippen LogP contribution is 2.21. The van der Waals surface area contributed by atoms with Crippen molar-refractivity contribution in [3.05, 3.63) is 24.3 Å². The molecule has 128 valence electrons. The predicted octanol–water partition coefficient (Wildman–Crippen LogP) is 1.31. The van der Waals surface area contributed by atoms with E-state index in [1.807, 2.05) is 0 Å². The molecule has 0 aliphatic carbocycles. The molecule has 0 amide bonds. The molecule has 0 aromatic rings. The molecule has 0 radical (unpaired) electrons. The van der Waals surface area contributed by atoms with E-state index in [2.05, 4.69) is 6.58 Å². The topological polar surface area (TPSA) is 88.1 Å². The summed E-state index contributed by atoms with van der Waals surface area (Å²) in [5.41, 5.74) is 0.277. The second-order valence-corrected chi connectivity index (χ2v) is 5.00. The van der Waals surface area contributed by atoms with Crippen LogP contribution in [0, 0.1) is 0 Å². The number of rotatable bonds is 7. The van der Waals surface area contributed by atoms with Gasteiger partial charge < -0.3 is 18.9 Å². The van der Waals surface area contributed by atoms with Gasteiger partial charge in [-0.25, -0.2) is 4.79 Å². The Kier molecular flexibility index (Phi) is 7.47. The van der Waals surface area contributed by atoms with E-state index in [9.17, 15) is 14.4 Å². The third kappa shape index (κ3) is 6.65. The van der Waals surface area contributed by atoms with Crippen LogP contribution in [-0.2, 0) is 33.3 Å². The van der Waals surface area contributed by atoms with Crippen molar-refractivity contribution in [1.82, 2.24) is 0 Å². The Morgan fingerprint density at radius 1 is 1.13 bits per heavy atom. The van der Waals surface area contributed by atoms with E-state index < -0.39 is 36.2 Å². The highest BCUT2D eigenvalue weighted by molar-refractivity contribution is 5.87. The van der Waals surface area contributed by atoms with Crippen molar-refractivity contribution in [1.29, 1.82) is 0 Å². The third-order valence-corrected chi connectivity index (χ3v) is 3.00. The molecule has 0 saturated carbocycles. The first kappa shape index (κ1) is 18.9. The number of carbonyl (C=O) groups excluding carboxylic acids is 3. The van der Waals surface area contributed by atoms with Gasteiger partial charge in [0.15, 0.2) is 0 Å². The van der Waals surface area contributed by atoms with E-state index in [-0.39, 0.29) is 25.2 Å². The summed E-state index contributed by atoms with van der Waals surface area (Å²) < 4.78 is 20.7. The summed E-state index contributed by atoms with van der Waals surface area (Å²) in [5.74, 6) is -1.41. The van der Waals surface area contributed by atoms with Gasteiger partial charge in [-0.1, -0.05) is 12.7 Å². The fourth-order valence-electron chi connectivity index (χ4n) is 2.02. The predicted molar refractivity (Wildman–Crippen MR) is 80.4 cm³/mol. The molecule has 0 N–H and O–H groups in total. The number of carbonyl (C=O) groups is 3. The van der Waals surface area contributed by atoms with Crippen LogP contribution in [0.1, 0.15) is 27.2 Å². The smallest absolute Gasteiger partial charge is 0.333 e. The number of hydrogen-bond acceptors (Lipinski definition) is 7. The van der Waals surface area contributed by atoms with E-state index in [1.165, 1.54) is 13.8 Å². The Hall–Kier alpha value is -2.15. The van der Waals surface area contributed by atoms with Gasteiger partial charge in [0.25, 0.3) is 0 Å². The summed E-state index contributed by atoms with van der Waals surface area (Å²) in [4.78, 5) is 33.7. The van der Waals surface area contributed by atoms with Gasteiger partial charge in [-0.05, 0) is 13.0 Å². The Labute approximate surface area is 135 Å². The maximum Gasteiger partial charge on any atom is 0.333 e. The van der Waals surface area contributed by atoms with Crippen LogP contribution in [0.3, 0.4) is 0 Å². The summed E-state index contributed by atoms with van der Waals surface area (Å²) >= 11 is 0. The molecule has 0 bridgehead atoms. The average Bonchev–Trinajstić information content (AvgIpc) is 2.46. The minimum absolute atomic E-state index is 0.0556. The van der Waals surface area contributed by atoms with Crippen LogP contribution < -0.4 is 0 Å². The van der Waals surface area contributed by atoms with Crippen LogP contribution in [0.15, 0.2) is 24.3 Å². The SMILES string of the molecule is C=C(C[C@H]1C=C[C@H](OC(C)=O)[C@@H](COC(C)=O)O1)C(=O)OCC. The van der Waals surface area contributed by atoms with Gasteiger partial charge in [-0.3, -0.25) is 9.59 Å². The largest absolute Gasteiger partial charge is 0.463 e.